The maximum atomic E-state index is 2.27. The van der Waals surface area contributed by atoms with Gasteiger partial charge >= 0.3 is 46.7 Å². The van der Waals surface area contributed by atoms with Gasteiger partial charge in [0.25, 0.3) is 0 Å². The van der Waals surface area contributed by atoms with Crippen LogP contribution >= 0.6 is 0 Å². The number of hydrogen-bond acceptors (Lipinski definition) is 0. The first-order valence-corrected chi connectivity index (χ1v) is 6.31. The average Bonchev–Trinajstić information content (AvgIpc) is 1.38. The Balaban J connectivity index is 2.54. The van der Waals surface area contributed by atoms with E-state index in [4.69, 9.17) is 0 Å². The van der Waals surface area contributed by atoms with Crippen LogP contribution in [0.2, 0.25) is 4.44 Å². The second kappa shape index (κ2) is 3.01. The van der Waals surface area contributed by atoms with E-state index in [1.165, 1.54) is 4.44 Å². The van der Waals surface area contributed by atoms with Crippen LogP contribution in [0.15, 0.2) is 0 Å². The van der Waals surface area contributed by atoms with Gasteiger partial charge in [-0.2, -0.15) is 0 Å². The molecule has 0 aromatic carbocycles. The molecule has 0 aliphatic rings. The van der Waals surface area contributed by atoms with E-state index in [0.29, 0.717) is 0 Å². The zero-order valence-corrected chi connectivity index (χ0v) is 9.99. The molecule has 0 fully saturated rings. The average molecular weight is 179 g/mol. The zero-order valence-electron chi connectivity index (χ0n) is 4.28. The van der Waals surface area contributed by atoms with Crippen LogP contribution in [-0.4, -0.2) is 22.5 Å². The summed E-state index contributed by atoms with van der Waals surface area (Å²) in [4.78, 5) is 0. The Hall–Kier alpha value is 0.799. The van der Waals surface area contributed by atoms with Crippen molar-refractivity contribution in [3.63, 3.8) is 0 Å². The van der Waals surface area contributed by atoms with Gasteiger partial charge in [-0.05, 0) is 0 Å². The van der Waals surface area contributed by atoms with Gasteiger partial charge in [0.05, 0.1) is 0 Å². The van der Waals surface area contributed by atoms with Gasteiger partial charge in [-0.3, -0.25) is 0 Å². The van der Waals surface area contributed by atoms with Crippen molar-refractivity contribution in [3.8, 4) is 0 Å². The standard InChI is InChI=1S/C4H9.Sn.3H/c1-4(2)3;;;;/h4H,1H2,2-3H3;;;;. The fourth-order valence-corrected chi connectivity index (χ4v) is 0. The summed E-state index contributed by atoms with van der Waals surface area (Å²) in [5.41, 5.74) is 0. The molecular weight excluding hydrogens is 167 g/mol. The molecule has 0 heterocycles. The Kier molecular flexibility index (Phi) is 3.49. The number of hydrogen-bond donors (Lipinski definition) is 0. The number of rotatable bonds is 1. The fourth-order valence-electron chi connectivity index (χ4n) is 0. The van der Waals surface area contributed by atoms with Gasteiger partial charge < -0.3 is 0 Å². The Labute approximate surface area is 47.0 Å². The van der Waals surface area contributed by atoms with E-state index in [2.05, 4.69) is 13.8 Å². The molecule has 0 saturated carbocycles. The van der Waals surface area contributed by atoms with Crippen LogP contribution in [0.3, 0.4) is 0 Å². The van der Waals surface area contributed by atoms with Crippen LogP contribution in [-0.2, 0) is 0 Å². The first-order chi connectivity index (χ1) is 2.27. The van der Waals surface area contributed by atoms with Gasteiger partial charge in [0, 0.05) is 0 Å². The third-order valence-electron chi connectivity index (χ3n) is 0.816. The minimum absolute atomic E-state index is 0.951. The summed E-state index contributed by atoms with van der Waals surface area (Å²) in [6.45, 7) is 4.55. The molecule has 0 nitrogen and oxygen atoms in total. The van der Waals surface area contributed by atoms with Crippen molar-refractivity contribution >= 4 is 22.5 Å². The van der Waals surface area contributed by atoms with Crippen molar-refractivity contribution in [2.45, 2.75) is 18.3 Å². The van der Waals surface area contributed by atoms with Gasteiger partial charge in [0.1, 0.15) is 0 Å². The van der Waals surface area contributed by atoms with E-state index in [0.717, 1.165) is 28.4 Å². The zero-order chi connectivity index (χ0) is 4.28. The Morgan fingerprint density at radius 2 is 1.80 bits per heavy atom. The third kappa shape index (κ3) is 4.80. The molecule has 0 saturated heterocycles. The summed E-state index contributed by atoms with van der Waals surface area (Å²) in [5, 5.41) is 0. The molecule has 0 aromatic heterocycles. The maximum absolute atomic E-state index is 2.27. The first kappa shape index (κ1) is 5.80. The monoisotopic (exact) mass is 180 g/mol. The quantitative estimate of drug-likeness (QED) is 0.511. The Bertz CT molecular complexity index is 17.6. The van der Waals surface area contributed by atoms with Crippen LogP contribution in [0.5, 0.6) is 0 Å². The van der Waals surface area contributed by atoms with Gasteiger partial charge in [-0.25, -0.2) is 0 Å². The van der Waals surface area contributed by atoms with E-state index in [1.807, 2.05) is 0 Å². The molecule has 0 unspecified atom stereocenters. The van der Waals surface area contributed by atoms with E-state index in [1.54, 1.807) is 0 Å². The van der Waals surface area contributed by atoms with Crippen molar-refractivity contribution < 1.29 is 0 Å². The molecule has 5 heavy (non-hydrogen) atoms. The normalized spacial score (nSPS) is 10.2. The van der Waals surface area contributed by atoms with E-state index < -0.39 is 0 Å². The minimum atomic E-state index is 0.951. The van der Waals surface area contributed by atoms with Gasteiger partial charge in [0.15, 0.2) is 0 Å². The summed E-state index contributed by atoms with van der Waals surface area (Å²) in [5.74, 6) is 0.978. The van der Waals surface area contributed by atoms with Crippen molar-refractivity contribution in [2.75, 3.05) is 0 Å². The molecule has 32 valence electrons. The summed E-state index contributed by atoms with van der Waals surface area (Å²) < 4.78 is 1.52. The molecule has 0 atom stereocenters. The first-order valence-electron chi connectivity index (χ1n) is 2.27. The Morgan fingerprint density at radius 1 is 1.60 bits per heavy atom. The van der Waals surface area contributed by atoms with Crippen LogP contribution in [0.25, 0.3) is 0 Å². The third-order valence-corrected chi connectivity index (χ3v) is 5.48. The molecule has 0 spiro atoms. The molecule has 0 bridgehead atoms. The Morgan fingerprint density at radius 3 is 1.80 bits per heavy atom. The molecule has 0 N–H and O–H groups in total. The van der Waals surface area contributed by atoms with Crippen molar-refractivity contribution in [3.05, 3.63) is 0 Å². The van der Waals surface area contributed by atoms with Crippen LogP contribution in [0, 0.1) is 5.92 Å². The van der Waals surface area contributed by atoms with Gasteiger partial charge in [0.2, 0.25) is 0 Å². The van der Waals surface area contributed by atoms with Crippen molar-refractivity contribution in [2.24, 2.45) is 5.92 Å². The summed E-state index contributed by atoms with van der Waals surface area (Å²) in [7, 11) is 0. The topological polar surface area (TPSA) is 0 Å². The van der Waals surface area contributed by atoms with E-state index >= 15 is 0 Å². The van der Waals surface area contributed by atoms with Gasteiger partial charge in [-0.1, -0.05) is 0 Å². The molecule has 0 radical (unpaired) electrons. The molecule has 0 rings (SSSR count). The van der Waals surface area contributed by atoms with Crippen molar-refractivity contribution in [1.29, 1.82) is 0 Å². The SMILES string of the molecule is CC(C)[CH2][SnH3]. The second-order valence-corrected chi connectivity index (χ2v) is 4.13. The molecule has 0 aromatic rings. The van der Waals surface area contributed by atoms with Crippen LogP contribution in [0.4, 0.5) is 0 Å². The second-order valence-electron chi connectivity index (χ2n) is 1.80. The predicted molar refractivity (Wildman–Crippen MR) is 29.6 cm³/mol. The molecular formula is C4H12Sn. The molecule has 1 heteroatoms. The van der Waals surface area contributed by atoms with Gasteiger partial charge in [-0.15, -0.1) is 0 Å². The van der Waals surface area contributed by atoms with E-state index in [-0.39, 0.29) is 0 Å². The summed E-state index contributed by atoms with van der Waals surface area (Å²) in [6, 6.07) is 0. The summed E-state index contributed by atoms with van der Waals surface area (Å²) >= 11 is 0.951. The van der Waals surface area contributed by atoms with E-state index in [9.17, 15) is 0 Å². The van der Waals surface area contributed by atoms with Crippen LogP contribution in [0.1, 0.15) is 13.8 Å². The molecule has 0 amide bonds. The van der Waals surface area contributed by atoms with Crippen molar-refractivity contribution in [1.82, 2.24) is 0 Å². The summed E-state index contributed by atoms with van der Waals surface area (Å²) in [6.07, 6.45) is 0. The fraction of sp³-hybridized carbons (Fsp3) is 1.00. The molecule has 0 aliphatic heterocycles. The predicted octanol–water partition coefficient (Wildman–Crippen LogP) is 0.426. The molecule has 0 aliphatic carbocycles. The van der Waals surface area contributed by atoms with Crippen LogP contribution < -0.4 is 0 Å².